The zero-order valence-corrected chi connectivity index (χ0v) is 12.9. The molecule has 0 heterocycles. The van der Waals surface area contributed by atoms with E-state index in [0.29, 0.717) is 5.56 Å². The second kappa shape index (κ2) is 6.41. The van der Waals surface area contributed by atoms with Crippen LogP contribution in [0.5, 0.6) is 0 Å². The normalized spacial score (nSPS) is 9.33. The topological polar surface area (TPSA) is 54.4 Å². The molecule has 0 aliphatic carbocycles. The number of carboxylic acids is 1. The molecule has 0 aliphatic heterocycles. The Hall–Kier alpha value is -1.54. The van der Waals surface area contributed by atoms with Gasteiger partial charge in [0.25, 0.3) is 0 Å². The number of rotatable bonds is 3. The molecule has 18 heavy (non-hydrogen) atoms. The Bertz CT molecular complexity index is 564. The molecule has 3 radical (unpaired) electrons. The third-order valence-electron chi connectivity index (χ3n) is 2.44. The molecule has 89 valence electrons. The van der Waals surface area contributed by atoms with E-state index in [1.54, 1.807) is 42.5 Å². The molecule has 0 saturated heterocycles. The van der Waals surface area contributed by atoms with E-state index in [4.69, 9.17) is 5.11 Å². The summed E-state index contributed by atoms with van der Waals surface area (Å²) in [5, 5.41) is 9.01. The van der Waals surface area contributed by atoms with Crippen molar-refractivity contribution in [2.45, 2.75) is 0 Å². The molecule has 2 rings (SSSR count). The predicted octanol–water partition coefficient (Wildman–Crippen LogP) is 2.24. The number of ketones is 1. The zero-order valence-electron chi connectivity index (χ0n) is 9.41. The van der Waals surface area contributed by atoms with E-state index in [1.807, 2.05) is 0 Å². The van der Waals surface area contributed by atoms with Crippen molar-refractivity contribution in [3.8, 4) is 0 Å². The number of carboxylic acid groups (broad SMARTS) is 1. The van der Waals surface area contributed by atoms with E-state index in [2.05, 4.69) is 0 Å². The first-order valence-electron chi connectivity index (χ1n) is 5.12. The summed E-state index contributed by atoms with van der Waals surface area (Å²) in [6.07, 6.45) is 0. The second-order valence-electron chi connectivity index (χ2n) is 3.55. The first-order chi connectivity index (χ1) is 8.20. The maximum Gasteiger partial charge on any atom is 0.336 e. The SMILES string of the molecule is O=C(O)c1ccccc1C(=O)c1ccccc1.[Bi]. The number of benzene rings is 2. The zero-order chi connectivity index (χ0) is 12.3. The first kappa shape index (κ1) is 14.5. The van der Waals surface area contributed by atoms with Gasteiger partial charge in [0, 0.05) is 37.3 Å². The third-order valence-corrected chi connectivity index (χ3v) is 2.44. The molecule has 0 aromatic heterocycles. The third kappa shape index (κ3) is 3.02. The molecule has 0 atom stereocenters. The van der Waals surface area contributed by atoms with Crippen LogP contribution in [0.25, 0.3) is 0 Å². The van der Waals surface area contributed by atoms with Crippen molar-refractivity contribution in [3.05, 3.63) is 71.3 Å². The molecule has 0 unspecified atom stereocenters. The summed E-state index contributed by atoms with van der Waals surface area (Å²) in [6, 6.07) is 14.8. The van der Waals surface area contributed by atoms with E-state index >= 15 is 0 Å². The average molecular weight is 435 g/mol. The van der Waals surface area contributed by atoms with Crippen molar-refractivity contribution in [3.63, 3.8) is 0 Å². The number of aromatic carboxylic acids is 1. The smallest absolute Gasteiger partial charge is 0.336 e. The minimum Gasteiger partial charge on any atom is -0.478 e. The van der Waals surface area contributed by atoms with Crippen LogP contribution in [0.1, 0.15) is 26.3 Å². The Morgan fingerprint density at radius 3 is 1.83 bits per heavy atom. The Morgan fingerprint density at radius 1 is 0.778 bits per heavy atom. The van der Waals surface area contributed by atoms with E-state index < -0.39 is 5.97 Å². The molecule has 3 nitrogen and oxygen atoms in total. The Balaban J connectivity index is 0.00000162. The molecule has 2 aromatic carbocycles. The second-order valence-corrected chi connectivity index (χ2v) is 3.55. The van der Waals surface area contributed by atoms with Crippen LogP contribution in [0.4, 0.5) is 0 Å². The Morgan fingerprint density at radius 2 is 1.28 bits per heavy atom. The minimum absolute atomic E-state index is 0. The monoisotopic (exact) mass is 435 g/mol. The van der Waals surface area contributed by atoms with Crippen LogP contribution in [0, 0.1) is 0 Å². The quantitative estimate of drug-likeness (QED) is 0.595. The number of carbonyl (C=O) groups is 2. The fourth-order valence-corrected chi connectivity index (χ4v) is 1.61. The van der Waals surface area contributed by atoms with Crippen LogP contribution in [0.2, 0.25) is 0 Å². The van der Waals surface area contributed by atoms with Crippen molar-refractivity contribution in [2.24, 2.45) is 0 Å². The summed E-state index contributed by atoms with van der Waals surface area (Å²) in [5.41, 5.74) is 0.730. The molecule has 4 heteroatoms. The molecule has 0 fully saturated rings. The maximum absolute atomic E-state index is 12.1. The van der Waals surface area contributed by atoms with Crippen LogP contribution < -0.4 is 0 Å². The largest absolute Gasteiger partial charge is 0.478 e. The summed E-state index contributed by atoms with van der Waals surface area (Å²) < 4.78 is 0. The standard InChI is InChI=1S/C14H10O3.Bi/c15-13(10-6-2-1-3-7-10)11-8-4-5-9-12(11)14(16)17;/h1-9H,(H,16,17);. The maximum atomic E-state index is 12.1. The summed E-state index contributed by atoms with van der Waals surface area (Å²) in [4.78, 5) is 23.1. The molecule has 0 bridgehead atoms. The molecule has 2 aromatic rings. The molecular formula is C14H10BiO3. The summed E-state index contributed by atoms with van der Waals surface area (Å²) in [5.74, 6) is -1.37. The first-order valence-corrected chi connectivity index (χ1v) is 5.12. The van der Waals surface area contributed by atoms with Gasteiger partial charge in [-0.15, -0.1) is 0 Å². The molecule has 0 amide bonds. The van der Waals surface area contributed by atoms with Crippen molar-refractivity contribution in [2.75, 3.05) is 0 Å². The van der Waals surface area contributed by atoms with Crippen LogP contribution in [0.15, 0.2) is 54.6 Å². The van der Waals surface area contributed by atoms with Crippen molar-refractivity contribution < 1.29 is 14.7 Å². The summed E-state index contributed by atoms with van der Waals surface area (Å²) >= 11 is 0. The van der Waals surface area contributed by atoms with Crippen LogP contribution in [-0.4, -0.2) is 43.1 Å². The van der Waals surface area contributed by atoms with E-state index in [1.165, 1.54) is 12.1 Å². The fourth-order valence-electron chi connectivity index (χ4n) is 1.61. The van der Waals surface area contributed by atoms with E-state index in [9.17, 15) is 9.59 Å². The van der Waals surface area contributed by atoms with Gasteiger partial charge in [-0.2, -0.15) is 0 Å². The number of hydrogen-bond acceptors (Lipinski definition) is 2. The van der Waals surface area contributed by atoms with E-state index in [-0.39, 0.29) is 43.1 Å². The minimum atomic E-state index is -1.09. The van der Waals surface area contributed by atoms with Gasteiger partial charge in [-0.05, 0) is 6.07 Å². The summed E-state index contributed by atoms with van der Waals surface area (Å²) in [7, 11) is 0. The fraction of sp³-hybridized carbons (Fsp3) is 0. The van der Waals surface area contributed by atoms with Gasteiger partial charge < -0.3 is 5.11 Å². The van der Waals surface area contributed by atoms with Gasteiger partial charge in [0.05, 0.1) is 5.56 Å². The van der Waals surface area contributed by atoms with E-state index in [0.717, 1.165) is 0 Å². The Labute approximate surface area is 124 Å². The Kier molecular flexibility index (Phi) is 5.17. The van der Waals surface area contributed by atoms with Crippen molar-refractivity contribution in [1.82, 2.24) is 0 Å². The van der Waals surface area contributed by atoms with Crippen LogP contribution >= 0.6 is 0 Å². The van der Waals surface area contributed by atoms with Gasteiger partial charge in [0.1, 0.15) is 0 Å². The van der Waals surface area contributed by atoms with Crippen molar-refractivity contribution >= 4 is 38.0 Å². The average Bonchev–Trinajstić information content (AvgIpc) is 2.39. The van der Waals surface area contributed by atoms with Gasteiger partial charge in [0.15, 0.2) is 5.78 Å². The molecule has 0 saturated carbocycles. The molecule has 1 N–H and O–H groups in total. The van der Waals surface area contributed by atoms with Crippen LogP contribution in [-0.2, 0) is 0 Å². The molecule has 0 spiro atoms. The van der Waals surface area contributed by atoms with Gasteiger partial charge in [-0.1, -0.05) is 48.5 Å². The number of carbonyl (C=O) groups excluding carboxylic acids is 1. The van der Waals surface area contributed by atoms with Gasteiger partial charge in [-0.25, -0.2) is 4.79 Å². The molecular weight excluding hydrogens is 425 g/mol. The van der Waals surface area contributed by atoms with Gasteiger partial charge in [-0.3, -0.25) is 4.79 Å². The van der Waals surface area contributed by atoms with Gasteiger partial charge >= 0.3 is 5.97 Å². The van der Waals surface area contributed by atoms with Crippen molar-refractivity contribution in [1.29, 1.82) is 0 Å². The number of hydrogen-bond donors (Lipinski definition) is 1. The van der Waals surface area contributed by atoms with Gasteiger partial charge in [0.2, 0.25) is 0 Å². The predicted molar refractivity (Wildman–Crippen MR) is 69.0 cm³/mol. The molecule has 0 aliphatic rings. The van der Waals surface area contributed by atoms with Crippen LogP contribution in [0.3, 0.4) is 0 Å². The summed E-state index contributed by atoms with van der Waals surface area (Å²) in [6.45, 7) is 0.